The van der Waals surface area contributed by atoms with Gasteiger partial charge in [0.15, 0.2) is 0 Å². The molecule has 2 aromatic rings. The van der Waals surface area contributed by atoms with Crippen molar-refractivity contribution in [2.24, 2.45) is 5.73 Å². The SMILES string of the molecule is N=C(N)c1ccc(NC(C=O)CCC(=O)NC(CC(=O)O)c2ccccc2)cc1. The van der Waals surface area contributed by atoms with E-state index in [1.807, 2.05) is 6.07 Å². The molecule has 1 amide bonds. The van der Waals surface area contributed by atoms with Gasteiger partial charge in [-0.3, -0.25) is 15.0 Å². The molecule has 0 aliphatic rings. The van der Waals surface area contributed by atoms with Crippen molar-refractivity contribution in [3.05, 3.63) is 65.7 Å². The number of nitrogens with one attached hydrogen (secondary N) is 3. The van der Waals surface area contributed by atoms with Crippen LogP contribution in [0.2, 0.25) is 0 Å². The number of carbonyl (C=O) groups excluding carboxylic acids is 2. The maximum absolute atomic E-state index is 12.3. The van der Waals surface area contributed by atoms with E-state index in [4.69, 9.17) is 16.2 Å². The number of rotatable bonds is 11. The lowest BCUT2D eigenvalue weighted by atomic mass is 10.0. The Morgan fingerprint density at radius 1 is 1.10 bits per heavy atom. The van der Waals surface area contributed by atoms with Gasteiger partial charge in [0.05, 0.1) is 18.5 Å². The summed E-state index contributed by atoms with van der Waals surface area (Å²) in [7, 11) is 0. The summed E-state index contributed by atoms with van der Waals surface area (Å²) in [5, 5.41) is 22.2. The molecule has 2 unspecified atom stereocenters. The molecule has 29 heavy (non-hydrogen) atoms. The van der Waals surface area contributed by atoms with E-state index in [0.29, 0.717) is 16.8 Å². The van der Waals surface area contributed by atoms with Gasteiger partial charge in [-0.15, -0.1) is 0 Å². The zero-order chi connectivity index (χ0) is 21.2. The normalized spacial score (nSPS) is 12.4. The molecule has 152 valence electrons. The highest BCUT2D eigenvalue weighted by Gasteiger charge is 2.19. The predicted molar refractivity (Wildman–Crippen MR) is 110 cm³/mol. The van der Waals surface area contributed by atoms with E-state index < -0.39 is 18.1 Å². The van der Waals surface area contributed by atoms with Gasteiger partial charge >= 0.3 is 5.97 Å². The van der Waals surface area contributed by atoms with Crippen molar-refractivity contribution in [2.75, 3.05) is 5.32 Å². The Balaban J connectivity index is 1.91. The lowest BCUT2D eigenvalue weighted by molar-refractivity contribution is -0.137. The topological polar surface area (TPSA) is 145 Å². The molecule has 0 saturated heterocycles. The number of aldehydes is 1. The first kappa shape index (κ1) is 21.6. The van der Waals surface area contributed by atoms with Gasteiger partial charge in [0.1, 0.15) is 12.1 Å². The summed E-state index contributed by atoms with van der Waals surface area (Å²) < 4.78 is 0. The number of hydrogen-bond donors (Lipinski definition) is 5. The smallest absolute Gasteiger partial charge is 0.305 e. The zero-order valence-corrected chi connectivity index (χ0v) is 15.8. The first-order valence-electron chi connectivity index (χ1n) is 9.11. The quantitative estimate of drug-likeness (QED) is 0.223. The van der Waals surface area contributed by atoms with Gasteiger partial charge in [0.2, 0.25) is 5.91 Å². The Bertz CT molecular complexity index is 853. The van der Waals surface area contributed by atoms with Gasteiger partial charge < -0.3 is 26.3 Å². The second-order valence-electron chi connectivity index (χ2n) is 6.55. The molecular formula is C21H24N4O4. The van der Waals surface area contributed by atoms with Crippen LogP contribution in [0.5, 0.6) is 0 Å². The third kappa shape index (κ3) is 7.10. The minimum Gasteiger partial charge on any atom is -0.481 e. The van der Waals surface area contributed by atoms with Crippen molar-refractivity contribution >= 4 is 29.7 Å². The van der Waals surface area contributed by atoms with Gasteiger partial charge in [0.25, 0.3) is 0 Å². The van der Waals surface area contributed by atoms with E-state index in [9.17, 15) is 14.4 Å². The highest BCUT2D eigenvalue weighted by atomic mass is 16.4. The largest absolute Gasteiger partial charge is 0.481 e. The summed E-state index contributed by atoms with van der Waals surface area (Å²) in [6.07, 6.45) is 0.801. The fourth-order valence-corrected chi connectivity index (χ4v) is 2.80. The monoisotopic (exact) mass is 396 g/mol. The van der Waals surface area contributed by atoms with Crippen molar-refractivity contribution in [1.29, 1.82) is 5.41 Å². The van der Waals surface area contributed by atoms with Crippen molar-refractivity contribution in [1.82, 2.24) is 5.32 Å². The Morgan fingerprint density at radius 2 is 1.76 bits per heavy atom. The molecule has 2 aromatic carbocycles. The molecular weight excluding hydrogens is 372 g/mol. The number of amidine groups is 1. The lowest BCUT2D eigenvalue weighted by Crippen LogP contribution is -2.31. The summed E-state index contributed by atoms with van der Waals surface area (Å²) in [6.45, 7) is 0. The number of aliphatic carboxylic acids is 1. The molecule has 2 rings (SSSR count). The molecule has 2 atom stereocenters. The number of amides is 1. The maximum atomic E-state index is 12.3. The lowest BCUT2D eigenvalue weighted by Gasteiger charge is -2.19. The molecule has 0 bridgehead atoms. The maximum Gasteiger partial charge on any atom is 0.305 e. The first-order chi connectivity index (χ1) is 13.9. The van der Waals surface area contributed by atoms with E-state index in [1.54, 1.807) is 48.5 Å². The number of carboxylic acid groups (broad SMARTS) is 1. The Morgan fingerprint density at radius 3 is 2.31 bits per heavy atom. The van der Waals surface area contributed by atoms with Crippen LogP contribution in [0.15, 0.2) is 54.6 Å². The van der Waals surface area contributed by atoms with Crippen molar-refractivity contribution < 1.29 is 19.5 Å². The van der Waals surface area contributed by atoms with Gasteiger partial charge in [-0.2, -0.15) is 0 Å². The van der Waals surface area contributed by atoms with Crippen LogP contribution in [0.1, 0.15) is 36.4 Å². The number of nitrogens with two attached hydrogens (primary N) is 1. The highest BCUT2D eigenvalue weighted by Crippen LogP contribution is 2.17. The highest BCUT2D eigenvalue weighted by molar-refractivity contribution is 5.95. The Labute approximate surface area is 168 Å². The van der Waals surface area contributed by atoms with Crippen molar-refractivity contribution in [3.8, 4) is 0 Å². The molecule has 0 spiro atoms. The van der Waals surface area contributed by atoms with Crippen LogP contribution in [0.3, 0.4) is 0 Å². The molecule has 0 fully saturated rings. The second-order valence-corrected chi connectivity index (χ2v) is 6.55. The van der Waals surface area contributed by atoms with Crippen LogP contribution in [0.4, 0.5) is 5.69 Å². The van der Waals surface area contributed by atoms with Crippen LogP contribution in [0, 0.1) is 5.41 Å². The average molecular weight is 396 g/mol. The van der Waals surface area contributed by atoms with Crippen molar-refractivity contribution in [3.63, 3.8) is 0 Å². The van der Waals surface area contributed by atoms with Crippen LogP contribution in [-0.4, -0.2) is 35.1 Å². The number of nitrogen functional groups attached to an aromatic ring is 1. The first-order valence-corrected chi connectivity index (χ1v) is 9.11. The van der Waals surface area contributed by atoms with E-state index >= 15 is 0 Å². The predicted octanol–water partition coefficient (Wildman–Crippen LogP) is 2.06. The molecule has 0 heterocycles. The summed E-state index contributed by atoms with van der Waals surface area (Å²) >= 11 is 0. The van der Waals surface area contributed by atoms with Gasteiger partial charge in [-0.05, 0) is 36.2 Å². The number of hydrogen-bond acceptors (Lipinski definition) is 5. The Hall–Kier alpha value is -3.68. The minimum absolute atomic E-state index is 0.0468. The molecule has 6 N–H and O–H groups in total. The number of carbonyl (C=O) groups is 3. The van der Waals surface area contributed by atoms with E-state index in [1.165, 1.54) is 0 Å². The zero-order valence-electron chi connectivity index (χ0n) is 15.8. The molecule has 0 aliphatic carbocycles. The van der Waals surface area contributed by atoms with Gasteiger partial charge in [0, 0.05) is 17.7 Å². The molecule has 8 nitrogen and oxygen atoms in total. The van der Waals surface area contributed by atoms with E-state index in [2.05, 4.69) is 10.6 Å². The van der Waals surface area contributed by atoms with E-state index in [0.717, 1.165) is 6.29 Å². The molecule has 0 aliphatic heterocycles. The summed E-state index contributed by atoms with van der Waals surface area (Å²) in [5.74, 6) is -1.39. The van der Waals surface area contributed by atoms with Crippen LogP contribution in [0.25, 0.3) is 0 Å². The molecule has 0 aromatic heterocycles. The van der Waals surface area contributed by atoms with Gasteiger partial charge in [-0.25, -0.2) is 0 Å². The minimum atomic E-state index is -1.01. The third-order valence-electron chi connectivity index (χ3n) is 4.31. The van der Waals surface area contributed by atoms with Crippen molar-refractivity contribution in [2.45, 2.75) is 31.3 Å². The molecule has 8 heteroatoms. The summed E-state index contributed by atoms with van der Waals surface area (Å²) in [6, 6.07) is 14.4. The van der Waals surface area contributed by atoms with Crippen LogP contribution >= 0.6 is 0 Å². The van der Waals surface area contributed by atoms with Crippen LogP contribution < -0.4 is 16.4 Å². The summed E-state index contributed by atoms with van der Waals surface area (Å²) in [4.78, 5) is 34.8. The third-order valence-corrected chi connectivity index (χ3v) is 4.31. The molecule has 0 saturated carbocycles. The fourth-order valence-electron chi connectivity index (χ4n) is 2.80. The number of anilines is 1. The number of benzene rings is 2. The van der Waals surface area contributed by atoms with Gasteiger partial charge in [-0.1, -0.05) is 30.3 Å². The number of carboxylic acids is 1. The van der Waals surface area contributed by atoms with Crippen LogP contribution in [-0.2, 0) is 14.4 Å². The average Bonchev–Trinajstić information content (AvgIpc) is 2.71. The summed E-state index contributed by atoms with van der Waals surface area (Å²) in [5.41, 5.74) is 7.36. The fraction of sp³-hybridized carbons (Fsp3) is 0.238. The molecule has 0 radical (unpaired) electrons. The standard InChI is InChI=1S/C21H24N4O4/c22-21(23)15-6-8-16(9-7-15)24-17(13-26)10-11-19(27)25-18(12-20(28)29)14-4-2-1-3-5-14/h1-9,13,17-18,24H,10-12H2,(H3,22,23)(H,25,27)(H,28,29). The van der Waals surface area contributed by atoms with E-state index in [-0.39, 0.29) is 31.0 Å². The Kier molecular flexibility index (Phi) is 7.90. The second kappa shape index (κ2) is 10.6.